The molecule has 1 atom stereocenters. The number of methoxy groups -OCH3 is 1. The van der Waals surface area contributed by atoms with Gasteiger partial charge in [0, 0.05) is 17.7 Å². The summed E-state index contributed by atoms with van der Waals surface area (Å²) in [5, 5.41) is 19.2. The number of benzene rings is 2. The lowest BCUT2D eigenvalue weighted by Gasteiger charge is -2.25. The van der Waals surface area contributed by atoms with Gasteiger partial charge in [0.05, 0.1) is 7.11 Å². The zero-order valence-corrected chi connectivity index (χ0v) is 11.6. The molecule has 0 amide bonds. The molecule has 1 aliphatic heterocycles. The van der Waals surface area contributed by atoms with Gasteiger partial charge in [-0.05, 0) is 12.1 Å². The summed E-state index contributed by atoms with van der Waals surface area (Å²) in [6, 6.07) is 8.47. The lowest BCUT2D eigenvalue weighted by molar-refractivity contribution is -0.122. The van der Waals surface area contributed by atoms with Crippen molar-refractivity contribution in [1.29, 1.82) is 0 Å². The van der Waals surface area contributed by atoms with Crippen molar-refractivity contribution in [2.24, 2.45) is 0 Å². The van der Waals surface area contributed by atoms with Crippen LogP contribution in [-0.2, 0) is 4.79 Å². The highest BCUT2D eigenvalue weighted by atomic mass is 16.5. The smallest absolute Gasteiger partial charge is 0.248 e. The van der Waals surface area contributed by atoms with Crippen LogP contribution in [0.2, 0.25) is 0 Å². The first-order chi connectivity index (χ1) is 10.5. The van der Waals surface area contributed by atoms with Crippen LogP contribution in [0.1, 0.15) is 22.0 Å². The van der Waals surface area contributed by atoms with Gasteiger partial charge in [-0.2, -0.15) is 0 Å². The minimum atomic E-state index is -1.12. The molecule has 0 fully saturated rings. The van der Waals surface area contributed by atoms with Crippen molar-refractivity contribution in [2.75, 3.05) is 7.11 Å². The van der Waals surface area contributed by atoms with Crippen molar-refractivity contribution in [3.8, 4) is 23.0 Å². The molecule has 3 rings (SSSR count). The van der Waals surface area contributed by atoms with Gasteiger partial charge in [-0.1, -0.05) is 12.1 Å². The molecular weight excluding hydrogens is 288 g/mol. The van der Waals surface area contributed by atoms with Crippen molar-refractivity contribution >= 4 is 11.6 Å². The van der Waals surface area contributed by atoms with E-state index < -0.39 is 17.7 Å². The second-order valence-corrected chi connectivity index (χ2v) is 4.80. The molecule has 0 spiro atoms. The number of ether oxygens (including phenoxy) is 2. The molecule has 0 radical (unpaired) electrons. The normalized spacial score (nSPS) is 16.9. The third kappa shape index (κ3) is 2.14. The molecule has 2 aromatic carbocycles. The third-order valence-electron chi connectivity index (χ3n) is 3.42. The highest BCUT2D eigenvalue weighted by Crippen LogP contribution is 2.40. The number of hydrogen-bond donors (Lipinski definition) is 2. The minimum absolute atomic E-state index is 0.0399. The van der Waals surface area contributed by atoms with Crippen LogP contribution in [0.25, 0.3) is 0 Å². The molecule has 0 bridgehead atoms. The predicted molar refractivity (Wildman–Crippen MR) is 75.5 cm³/mol. The highest BCUT2D eigenvalue weighted by molar-refractivity contribution is 6.47. The molecule has 0 aliphatic carbocycles. The van der Waals surface area contributed by atoms with Crippen LogP contribution in [0.3, 0.4) is 0 Å². The Balaban J connectivity index is 2.08. The Bertz CT molecular complexity index is 763. The maximum absolute atomic E-state index is 12.2. The standard InChI is InChI=1S/C16H12O6/c1-21-10-6-11(18)13-12(7-10)22-16(15(20)14(13)19)8-2-4-9(17)5-3-8/h2-7,16-18H,1H3. The Morgan fingerprint density at radius 3 is 2.41 bits per heavy atom. The first-order valence-electron chi connectivity index (χ1n) is 6.46. The number of carbonyl (C=O) groups is 2. The third-order valence-corrected chi connectivity index (χ3v) is 3.42. The zero-order chi connectivity index (χ0) is 15.9. The fourth-order valence-corrected chi connectivity index (χ4v) is 2.31. The van der Waals surface area contributed by atoms with Crippen molar-refractivity contribution < 1.29 is 29.3 Å². The molecule has 0 aromatic heterocycles. The first-order valence-corrected chi connectivity index (χ1v) is 6.46. The summed E-state index contributed by atoms with van der Waals surface area (Å²) in [6.45, 7) is 0. The van der Waals surface area contributed by atoms with Crippen molar-refractivity contribution in [3.63, 3.8) is 0 Å². The van der Waals surface area contributed by atoms with Crippen LogP contribution in [0.5, 0.6) is 23.0 Å². The zero-order valence-electron chi connectivity index (χ0n) is 11.6. The topological polar surface area (TPSA) is 93.1 Å². The van der Waals surface area contributed by atoms with Gasteiger partial charge in [0.1, 0.15) is 28.6 Å². The van der Waals surface area contributed by atoms with Crippen molar-refractivity contribution in [3.05, 3.63) is 47.5 Å². The number of rotatable bonds is 2. The molecule has 1 aliphatic rings. The van der Waals surface area contributed by atoms with E-state index in [1.807, 2.05) is 0 Å². The molecule has 1 unspecified atom stereocenters. The first kappa shape index (κ1) is 13.9. The lowest BCUT2D eigenvalue weighted by Crippen LogP contribution is -2.31. The Morgan fingerprint density at radius 2 is 1.77 bits per heavy atom. The monoisotopic (exact) mass is 300 g/mol. The number of phenols is 2. The van der Waals surface area contributed by atoms with E-state index in [2.05, 4.69) is 0 Å². The number of Topliss-reactive ketones (excluding diaryl/α,β-unsaturated/α-hetero) is 2. The van der Waals surface area contributed by atoms with Gasteiger partial charge >= 0.3 is 0 Å². The molecule has 22 heavy (non-hydrogen) atoms. The minimum Gasteiger partial charge on any atom is -0.508 e. The quantitative estimate of drug-likeness (QED) is 0.824. The van der Waals surface area contributed by atoms with Gasteiger partial charge in [0.15, 0.2) is 6.10 Å². The number of hydrogen-bond acceptors (Lipinski definition) is 6. The molecule has 6 heteroatoms. The lowest BCUT2D eigenvalue weighted by atomic mass is 9.94. The summed E-state index contributed by atoms with van der Waals surface area (Å²) in [5.74, 6) is -1.53. The van der Waals surface area contributed by atoms with E-state index in [9.17, 15) is 19.8 Å². The van der Waals surface area contributed by atoms with Crippen LogP contribution >= 0.6 is 0 Å². The molecule has 6 nitrogen and oxygen atoms in total. The molecule has 2 N–H and O–H groups in total. The number of aromatic hydroxyl groups is 2. The average Bonchev–Trinajstić information content (AvgIpc) is 2.51. The molecule has 0 saturated heterocycles. The average molecular weight is 300 g/mol. The summed E-state index contributed by atoms with van der Waals surface area (Å²) in [4.78, 5) is 24.4. The Morgan fingerprint density at radius 1 is 1.09 bits per heavy atom. The Labute approximate surface area is 125 Å². The maximum Gasteiger partial charge on any atom is 0.248 e. The van der Waals surface area contributed by atoms with Gasteiger partial charge < -0.3 is 19.7 Å². The van der Waals surface area contributed by atoms with Gasteiger partial charge in [0.25, 0.3) is 0 Å². The van der Waals surface area contributed by atoms with Crippen molar-refractivity contribution in [1.82, 2.24) is 0 Å². The van der Waals surface area contributed by atoms with Crippen LogP contribution in [-0.4, -0.2) is 28.9 Å². The highest BCUT2D eigenvalue weighted by Gasteiger charge is 2.38. The summed E-state index contributed by atoms with van der Waals surface area (Å²) in [6.07, 6.45) is -1.12. The number of phenolic OH excluding ortho intramolecular Hbond substituents is 2. The number of ketones is 2. The Hall–Kier alpha value is -3.02. The molecule has 1 heterocycles. The number of carbonyl (C=O) groups excluding carboxylic acids is 2. The second-order valence-electron chi connectivity index (χ2n) is 4.80. The fraction of sp³-hybridized carbons (Fsp3) is 0.125. The van der Waals surface area contributed by atoms with Crippen LogP contribution in [0.4, 0.5) is 0 Å². The van der Waals surface area contributed by atoms with E-state index in [1.165, 1.54) is 43.5 Å². The molecular formula is C16H12O6. The SMILES string of the molecule is COc1cc(O)c2c(c1)OC(c1ccc(O)cc1)C(=O)C2=O. The van der Waals surface area contributed by atoms with Gasteiger partial charge in [-0.15, -0.1) is 0 Å². The van der Waals surface area contributed by atoms with Gasteiger partial charge in [-0.3, -0.25) is 9.59 Å². The van der Waals surface area contributed by atoms with Crippen LogP contribution in [0, 0.1) is 0 Å². The van der Waals surface area contributed by atoms with E-state index in [-0.39, 0.29) is 22.8 Å². The summed E-state index contributed by atoms with van der Waals surface area (Å²) >= 11 is 0. The largest absolute Gasteiger partial charge is 0.508 e. The van der Waals surface area contributed by atoms with E-state index in [1.54, 1.807) is 0 Å². The maximum atomic E-state index is 12.2. The van der Waals surface area contributed by atoms with Gasteiger partial charge in [-0.25, -0.2) is 0 Å². The van der Waals surface area contributed by atoms with E-state index in [0.29, 0.717) is 11.3 Å². The van der Waals surface area contributed by atoms with Crippen molar-refractivity contribution in [2.45, 2.75) is 6.10 Å². The summed E-state index contributed by atoms with van der Waals surface area (Å²) < 4.78 is 10.6. The predicted octanol–water partition coefficient (Wildman–Crippen LogP) is 1.99. The Kier molecular flexibility index (Phi) is 3.21. The van der Waals surface area contributed by atoms with E-state index in [0.717, 1.165) is 0 Å². The molecule has 2 aromatic rings. The van der Waals surface area contributed by atoms with E-state index >= 15 is 0 Å². The summed E-state index contributed by atoms with van der Waals surface area (Å²) in [7, 11) is 1.41. The molecule has 0 saturated carbocycles. The van der Waals surface area contributed by atoms with E-state index in [4.69, 9.17) is 9.47 Å². The fourth-order valence-electron chi connectivity index (χ4n) is 2.31. The van der Waals surface area contributed by atoms with Gasteiger partial charge in [0.2, 0.25) is 11.6 Å². The van der Waals surface area contributed by atoms with Crippen LogP contribution < -0.4 is 9.47 Å². The van der Waals surface area contributed by atoms with Crippen LogP contribution in [0.15, 0.2) is 36.4 Å². The number of fused-ring (bicyclic) bond motifs is 1. The molecule has 112 valence electrons. The second kappa shape index (κ2) is 5.07. The summed E-state index contributed by atoms with van der Waals surface area (Å²) in [5.41, 5.74) is 0.268.